The first kappa shape index (κ1) is 17.0. The molecule has 0 bridgehead atoms. The van der Waals surface area contributed by atoms with Crippen molar-refractivity contribution in [2.24, 2.45) is 0 Å². The van der Waals surface area contributed by atoms with Crippen LogP contribution in [0.3, 0.4) is 0 Å². The van der Waals surface area contributed by atoms with Gasteiger partial charge >= 0.3 is 0 Å². The van der Waals surface area contributed by atoms with Crippen molar-refractivity contribution in [1.82, 2.24) is 0 Å². The summed E-state index contributed by atoms with van der Waals surface area (Å²) in [4.78, 5) is 0. The molecular formula is C24H25N. The first-order valence-corrected chi connectivity index (χ1v) is 8.83. The van der Waals surface area contributed by atoms with E-state index in [1.807, 2.05) is 18.2 Å². The van der Waals surface area contributed by atoms with Gasteiger partial charge in [-0.1, -0.05) is 80.6 Å². The van der Waals surface area contributed by atoms with Gasteiger partial charge in [-0.3, -0.25) is 0 Å². The van der Waals surface area contributed by atoms with Gasteiger partial charge in [0.2, 0.25) is 0 Å². The minimum Gasteiger partial charge on any atom is -0.355 e. The van der Waals surface area contributed by atoms with Gasteiger partial charge in [0.05, 0.1) is 0 Å². The Balaban J connectivity index is 2.03. The molecular weight excluding hydrogens is 302 g/mol. The van der Waals surface area contributed by atoms with Gasteiger partial charge < -0.3 is 5.32 Å². The third-order valence-electron chi connectivity index (χ3n) is 4.49. The van der Waals surface area contributed by atoms with Crippen LogP contribution in [-0.4, -0.2) is 0 Å². The fraction of sp³-hybridized carbons (Fsp3) is 0.167. The van der Waals surface area contributed by atoms with Crippen LogP contribution in [-0.2, 0) is 0 Å². The van der Waals surface area contributed by atoms with Crippen molar-refractivity contribution in [2.75, 3.05) is 5.32 Å². The van der Waals surface area contributed by atoms with Crippen molar-refractivity contribution in [2.45, 2.75) is 26.7 Å². The zero-order chi connectivity index (χ0) is 17.8. The molecule has 2 aromatic rings. The molecule has 1 nitrogen and oxygen atoms in total. The molecule has 25 heavy (non-hydrogen) atoms. The Kier molecular flexibility index (Phi) is 5.04. The molecule has 0 atom stereocenters. The fourth-order valence-corrected chi connectivity index (χ4v) is 3.30. The quantitative estimate of drug-likeness (QED) is 0.598. The summed E-state index contributed by atoms with van der Waals surface area (Å²) in [6.45, 7) is 12.9. The largest absolute Gasteiger partial charge is 0.355 e. The molecule has 0 saturated heterocycles. The molecule has 0 aliphatic carbocycles. The standard InChI is InChI=1S/C24H25N/c1-5-9-21-22-16-17(2)12-15-23(22)25-19(4)24(21)18(3)13-14-20-10-7-6-8-11-20/h6-8,10-16,25H,3-5,9H2,1-2H3/b14-13+. The summed E-state index contributed by atoms with van der Waals surface area (Å²) in [5.74, 6) is 0. The molecule has 0 spiro atoms. The van der Waals surface area contributed by atoms with Gasteiger partial charge in [0.1, 0.15) is 0 Å². The minimum atomic E-state index is 0.933. The molecule has 0 radical (unpaired) electrons. The van der Waals surface area contributed by atoms with E-state index in [9.17, 15) is 0 Å². The van der Waals surface area contributed by atoms with E-state index in [2.05, 4.69) is 74.8 Å². The highest BCUT2D eigenvalue weighted by Crippen LogP contribution is 2.40. The van der Waals surface area contributed by atoms with Crippen molar-refractivity contribution >= 4 is 17.3 Å². The normalized spacial score (nSPS) is 13.8. The van der Waals surface area contributed by atoms with Crippen molar-refractivity contribution < 1.29 is 0 Å². The van der Waals surface area contributed by atoms with E-state index >= 15 is 0 Å². The number of anilines is 1. The average molecular weight is 327 g/mol. The Morgan fingerprint density at radius 2 is 1.88 bits per heavy atom. The van der Waals surface area contributed by atoms with Gasteiger partial charge in [0.25, 0.3) is 0 Å². The van der Waals surface area contributed by atoms with Crippen LogP contribution in [0.2, 0.25) is 0 Å². The molecule has 1 aliphatic rings. The van der Waals surface area contributed by atoms with E-state index in [0.717, 1.165) is 35.4 Å². The number of rotatable bonds is 5. The lowest BCUT2D eigenvalue weighted by Crippen LogP contribution is -2.13. The summed E-state index contributed by atoms with van der Waals surface area (Å²) >= 11 is 0. The van der Waals surface area contributed by atoms with Crippen molar-refractivity contribution in [3.63, 3.8) is 0 Å². The summed E-state index contributed by atoms with van der Waals surface area (Å²) in [6.07, 6.45) is 6.31. The van der Waals surface area contributed by atoms with Crippen LogP contribution in [0.1, 0.15) is 36.5 Å². The molecule has 3 rings (SSSR count). The predicted octanol–water partition coefficient (Wildman–Crippen LogP) is 6.76. The fourth-order valence-electron chi connectivity index (χ4n) is 3.30. The Morgan fingerprint density at radius 1 is 1.12 bits per heavy atom. The molecule has 1 aliphatic heterocycles. The van der Waals surface area contributed by atoms with Crippen LogP contribution in [0.15, 0.2) is 84.6 Å². The second kappa shape index (κ2) is 7.40. The molecule has 1 heterocycles. The zero-order valence-corrected chi connectivity index (χ0v) is 15.1. The summed E-state index contributed by atoms with van der Waals surface area (Å²) in [5, 5.41) is 3.46. The number of aryl methyl sites for hydroxylation is 1. The van der Waals surface area contributed by atoms with Crippen molar-refractivity contribution in [3.05, 3.63) is 101 Å². The van der Waals surface area contributed by atoms with E-state index in [-0.39, 0.29) is 0 Å². The third-order valence-corrected chi connectivity index (χ3v) is 4.49. The van der Waals surface area contributed by atoms with Crippen LogP contribution in [0.4, 0.5) is 5.69 Å². The van der Waals surface area contributed by atoms with Crippen LogP contribution >= 0.6 is 0 Å². The Bertz CT molecular complexity index is 866. The number of hydrogen-bond acceptors (Lipinski definition) is 1. The number of hydrogen-bond donors (Lipinski definition) is 1. The van der Waals surface area contributed by atoms with Gasteiger partial charge in [-0.05, 0) is 42.2 Å². The summed E-state index contributed by atoms with van der Waals surface area (Å²) < 4.78 is 0. The Labute approximate surface area is 151 Å². The van der Waals surface area contributed by atoms with Crippen LogP contribution in [0, 0.1) is 6.92 Å². The van der Waals surface area contributed by atoms with Gasteiger partial charge in [-0.15, -0.1) is 0 Å². The van der Waals surface area contributed by atoms with E-state index in [4.69, 9.17) is 0 Å². The Hall–Kier alpha value is -2.80. The molecule has 0 saturated carbocycles. The summed E-state index contributed by atoms with van der Waals surface area (Å²) in [5.41, 5.74) is 9.28. The minimum absolute atomic E-state index is 0.933. The van der Waals surface area contributed by atoms with E-state index in [1.54, 1.807) is 0 Å². The molecule has 0 fully saturated rings. The topological polar surface area (TPSA) is 12.0 Å². The SMILES string of the molecule is C=C(/C=C/c1ccccc1)C1=C(CCC)c2cc(C)ccc2NC1=C. The van der Waals surface area contributed by atoms with Crippen molar-refractivity contribution in [1.29, 1.82) is 0 Å². The summed E-state index contributed by atoms with van der Waals surface area (Å²) in [7, 11) is 0. The van der Waals surface area contributed by atoms with Crippen LogP contribution in [0.5, 0.6) is 0 Å². The molecule has 1 N–H and O–H groups in total. The molecule has 1 heteroatoms. The predicted molar refractivity (Wildman–Crippen MR) is 110 cm³/mol. The highest BCUT2D eigenvalue weighted by atomic mass is 14.9. The van der Waals surface area contributed by atoms with Gasteiger partial charge in [0, 0.05) is 22.5 Å². The number of benzene rings is 2. The maximum atomic E-state index is 4.33. The second-order valence-corrected chi connectivity index (χ2v) is 6.53. The first-order valence-electron chi connectivity index (χ1n) is 8.83. The number of allylic oxidation sites excluding steroid dienone is 3. The lowest BCUT2D eigenvalue weighted by molar-refractivity contribution is 0.965. The summed E-state index contributed by atoms with van der Waals surface area (Å²) in [6, 6.07) is 16.8. The van der Waals surface area contributed by atoms with Gasteiger partial charge in [0.15, 0.2) is 0 Å². The van der Waals surface area contributed by atoms with E-state index in [1.165, 1.54) is 22.3 Å². The number of fused-ring (bicyclic) bond motifs is 1. The van der Waals surface area contributed by atoms with E-state index in [0.29, 0.717) is 0 Å². The smallest absolute Gasteiger partial charge is 0.0461 e. The highest BCUT2D eigenvalue weighted by Gasteiger charge is 2.21. The van der Waals surface area contributed by atoms with E-state index < -0.39 is 0 Å². The lowest BCUT2D eigenvalue weighted by Gasteiger charge is -2.27. The lowest BCUT2D eigenvalue weighted by atomic mass is 9.86. The van der Waals surface area contributed by atoms with Crippen LogP contribution in [0.25, 0.3) is 11.6 Å². The molecule has 2 aromatic carbocycles. The van der Waals surface area contributed by atoms with Gasteiger partial charge in [-0.25, -0.2) is 0 Å². The number of nitrogens with one attached hydrogen (secondary N) is 1. The first-order chi connectivity index (χ1) is 12.1. The average Bonchev–Trinajstić information content (AvgIpc) is 2.61. The maximum absolute atomic E-state index is 4.33. The molecule has 0 amide bonds. The monoisotopic (exact) mass is 327 g/mol. The molecule has 0 unspecified atom stereocenters. The zero-order valence-electron chi connectivity index (χ0n) is 15.1. The highest BCUT2D eigenvalue weighted by molar-refractivity contribution is 5.90. The van der Waals surface area contributed by atoms with Crippen molar-refractivity contribution in [3.8, 4) is 0 Å². The van der Waals surface area contributed by atoms with Crippen LogP contribution < -0.4 is 5.32 Å². The molecule has 0 aromatic heterocycles. The third kappa shape index (κ3) is 3.66. The van der Waals surface area contributed by atoms with Gasteiger partial charge in [-0.2, -0.15) is 0 Å². The Morgan fingerprint density at radius 3 is 2.60 bits per heavy atom. The maximum Gasteiger partial charge on any atom is 0.0461 e. The second-order valence-electron chi connectivity index (χ2n) is 6.53. The molecule has 126 valence electrons.